The molecule has 1 aromatic heterocycles. The molecule has 7 heteroatoms. The molecule has 204 valence electrons. The second-order valence-electron chi connectivity index (χ2n) is 11.3. The summed E-state index contributed by atoms with van der Waals surface area (Å²) in [6, 6.07) is 16.1. The number of carboxylic acids is 1. The molecule has 1 aliphatic rings. The molecule has 5 rings (SSSR count). The molecule has 0 saturated carbocycles. The van der Waals surface area contributed by atoms with Crippen LogP contribution in [0.5, 0.6) is 5.75 Å². The van der Waals surface area contributed by atoms with Crippen molar-refractivity contribution in [3.63, 3.8) is 0 Å². The number of H-pyrrole nitrogens is 1. The predicted octanol–water partition coefficient (Wildman–Crippen LogP) is 6.12. The number of hydrogen-bond donors (Lipinski definition) is 2. The Morgan fingerprint density at radius 1 is 1.13 bits per heavy atom. The molecule has 2 heterocycles. The van der Waals surface area contributed by atoms with Gasteiger partial charge in [-0.15, -0.1) is 0 Å². The molecule has 0 bridgehead atoms. The number of ether oxygens (including phenoxy) is 2. The molecule has 1 aliphatic heterocycles. The number of hydrogen-bond acceptors (Lipinski definition) is 4. The number of aromatic amines is 1. The van der Waals surface area contributed by atoms with E-state index in [0.29, 0.717) is 36.2 Å². The van der Waals surface area contributed by atoms with Crippen LogP contribution in [0.4, 0.5) is 0 Å². The molecule has 0 fully saturated rings. The average Bonchev–Trinajstić information content (AvgIpc) is 3.24. The normalized spacial score (nSPS) is 14.2. The van der Waals surface area contributed by atoms with Crippen LogP contribution in [0.1, 0.15) is 61.1 Å². The number of fused-ring (bicyclic) bond motifs is 2. The maximum absolute atomic E-state index is 13.3. The minimum Gasteiger partial charge on any atom is -0.493 e. The maximum Gasteiger partial charge on any atom is 0.337 e. The highest BCUT2D eigenvalue weighted by molar-refractivity contribution is 5.95. The highest BCUT2D eigenvalue weighted by Crippen LogP contribution is 2.42. The summed E-state index contributed by atoms with van der Waals surface area (Å²) >= 11 is 0. The highest BCUT2D eigenvalue weighted by atomic mass is 16.5. The number of aryl methyl sites for hydroxylation is 5. The van der Waals surface area contributed by atoms with Crippen LogP contribution in [0.2, 0.25) is 0 Å². The van der Waals surface area contributed by atoms with Gasteiger partial charge in [-0.25, -0.2) is 9.59 Å². The van der Waals surface area contributed by atoms with Crippen LogP contribution in [0.3, 0.4) is 0 Å². The fourth-order valence-corrected chi connectivity index (χ4v) is 5.67. The van der Waals surface area contributed by atoms with Crippen LogP contribution in [0, 0.1) is 13.8 Å². The Balaban J connectivity index is 1.77. The van der Waals surface area contributed by atoms with Crippen molar-refractivity contribution < 1.29 is 19.4 Å². The fraction of sp³-hybridized carbons (Fsp3) is 0.375. The Hall–Kier alpha value is -3.84. The van der Waals surface area contributed by atoms with E-state index in [1.165, 1.54) is 0 Å². The summed E-state index contributed by atoms with van der Waals surface area (Å²) in [4.78, 5) is 29.0. The van der Waals surface area contributed by atoms with Crippen LogP contribution in [0.25, 0.3) is 22.2 Å². The van der Waals surface area contributed by atoms with Gasteiger partial charge in [0.05, 0.1) is 23.2 Å². The van der Waals surface area contributed by atoms with Gasteiger partial charge in [-0.05, 0) is 99.4 Å². The van der Waals surface area contributed by atoms with Gasteiger partial charge >= 0.3 is 11.7 Å². The zero-order valence-electron chi connectivity index (χ0n) is 23.3. The monoisotopic (exact) mass is 528 g/mol. The van der Waals surface area contributed by atoms with E-state index in [-0.39, 0.29) is 5.69 Å². The molecular weight excluding hydrogens is 492 g/mol. The molecule has 3 aromatic carbocycles. The second kappa shape index (κ2) is 10.4. The topological polar surface area (TPSA) is 93.6 Å². The number of nitrogens with zero attached hydrogens (tertiary/aromatic N) is 1. The van der Waals surface area contributed by atoms with Crippen molar-refractivity contribution in [1.29, 1.82) is 0 Å². The third-order valence-electron chi connectivity index (χ3n) is 7.38. The predicted molar refractivity (Wildman–Crippen MR) is 153 cm³/mol. The number of nitrogens with one attached hydrogen (secondary N) is 1. The highest BCUT2D eigenvalue weighted by Gasteiger charge is 2.33. The summed E-state index contributed by atoms with van der Waals surface area (Å²) in [5.74, 6) is -0.204. The average molecular weight is 529 g/mol. The molecule has 39 heavy (non-hydrogen) atoms. The zero-order chi connectivity index (χ0) is 27.9. The molecule has 1 atom stereocenters. The van der Waals surface area contributed by atoms with Gasteiger partial charge < -0.3 is 19.6 Å². The lowest BCUT2D eigenvalue weighted by molar-refractivity contribution is -0.160. The number of aliphatic carboxylic acids is 1. The van der Waals surface area contributed by atoms with Crippen molar-refractivity contribution in [2.75, 3.05) is 6.61 Å². The first-order chi connectivity index (χ1) is 18.5. The van der Waals surface area contributed by atoms with Crippen molar-refractivity contribution in [2.45, 2.75) is 72.1 Å². The minimum absolute atomic E-state index is 0.210. The fourth-order valence-electron chi connectivity index (χ4n) is 5.67. The standard InChI is InChI=1S/C32H36N2O5/c1-19-26(29(30(35)36)39-32(3,4)5)25(23-13-14-24-22(18-23)12-9-17-38-24)20(2)28-27(19)33-31(37)34(28)16-15-21-10-7-6-8-11-21/h6-8,10-11,13-14,18,29H,9,12,15-17H2,1-5H3,(H,33,37)(H,35,36). The van der Waals surface area contributed by atoms with Crippen molar-refractivity contribution in [2.24, 2.45) is 0 Å². The number of carboxylic acid groups (broad SMARTS) is 1. The Bertz CT molecular complexity index is 1590. The Morgan fingerprint density at radius 2 is 1.87 bits per heavy atom. The van der Waals surface area contributed by atoms with Gasteiger partial charge in [0.25, 0.3) is 0 Å². The molecule has 2 N–H and O–H groups in total. The van der Waals surface area contributed by atoms with Gasteiger partial charge in [-0.2, -0.15) is 0 Å². The first kappa shape index (κ1) is 26.8. The van der Waals surface area contributed by atoms with E-state index in [0.717, 1.165) is 51.9 Å². The Labute approximate surface area is 228 Å². The van der Waals surface area contributed by atoms with E-state index in [1.54, 1.807) is 4.57 Å². The zero-order valence-corrected chi connectivity index (χ0v) is 23.3. The van der Waals surface area contributed by atoms with Crippen LogP contribution < -0.4 is 10.4 Å². The van der Waals surface area contributed by atoms with Gasteiger partial charge in [0.2, 0.25) is 0 Å². The molecule has 4 aromatic rings. The first-order valence-corrected chi connectivity index (χ1v) is 13.5. The minimum atomic E-state index is -1.22. The molecular formula is C32H36N2O5. The van der Waals surface area contributed by atoms with Crippen LogP contribution >= 0.6 is 0 Å². The molecule has 0 radical (unpaired) electrons. The van der Waals surface area contributed by atoms with E-state index in [1.807, 2.05) is 65.0 Å². The summed E-state index contributed by atoms with van der Waals surface area (Å²) in [5, 5.41) is 10.4. The lowest BCUT2D eigenvalue weighted by Crippen LogP contribution is -2.28. The van der Waals surface area contributed by atoms with E-state index < -0.39 is 17.7 Å². The maximum atomic E-state index is 13.3. The number of aromatic nitrogens is 2. The number of benzene rings is 3. The third-order valence-corrected chi connectivity index (χ3v) is 7.38. The van der Waals surface area contributed by atoms with Gasteiger partial charge in [0.15, 0.2) is 6.10 Å². The summed E-state index contributed by atoms with van der Waals surface area (Å²) in [7, 11) is 0. The van der Waals surface area contributed by atoms with Crippen LogP contribution in [-0.2, 0) is 28.9 Å². The SMILES string of the molecule is Cc1c(C(OC(C)(C)C)C(=O)O)c(-c2ccc3c(c2)CCCO3)c(C)c2c1[nH]c(=O)n2CCc1ccccc1. The lowest BCUT2D eigenvalue weighted by atomic mass is 9.86. The molecule has 1 unspecified atom stereocenters. The molecule has 7 nitrogen and oxygen atoms in total. The molecule has 0 aliphatic carbocycles. The van der Waals surface area contributed by atoms with Crippen LogP contribution in [0.15, 0.2) is 53.3 Å². The molecule has 0 spiro atoms. The summed E-state index contributed by atoms with van der Waals surface area (Å²) in [6.45, 7) is 10.6. The quantitative estimate of drug-likeness (QED) is 0.301. The number of imidazole rings is 1. The molecule has 0 saturated heterocycles. The van der Waals surface area contributed by atoms with Gasteiger partial charge in [0, 0.05) is 12.1 Å². The third kappa shape index (κ3) is 5.23. The summed E-state index contributed by atoms with van der Waals surface area (Å²) < 4.78 is 13.8. The number of carbonyl (C=O) groups is 1. The first-order valence-electron chi connectivity index (χ1n) is 13.5. The van der Waals surface area contributed by atoms with Gasteiger partial charge in [0.1, 0.15) is 5.75 Å². The lowest BCUT2D eigenvalue weighted by Gasteiger charge is -2.29. The van der Waals surface area contributed by atoms with E-state index in [9.17, 15) is 14.7 Å². The van der Waals surface area contributed by atoms with Gasteiger partial charge in [-0.1, -0.05) is 36.4 Å². The van der Waals surface area contributed by atoms with Gasteiger partial charge in [-0.3, -0.25) is 4.57 Å². The van der Waals surface area contributed by atoms with E-state index in [4.69, 9.17) is 9.47 Å². The largest absolute Gasteiger partial charge is 0.493 e. The van der Waals surface area contributed by atoms with Crippen molar-refractivity contribution in [3.05, 3.63) is 86.8 Å². The smallest absolute Gasteiger partial charge is 0.337 e. The number of rotatable bonds is 7. The van der Waals surface area contributed by atoms with E-state index in [2.05, 4.69) is 23.2 Å². The Morgan fingerprint density at radius 3 is 2.56 bits per heavy atom. The van der Waals surface area contributed by atoms with E-state index >= 15 is 0 Å². The van der Waals surface area contributed by atoms with Crippen LogP contribution in [-0.4, -0.2) is 32.8 Å². The van der Waals surface area contributed by atoms with Crippen molar-refractivity contribution in [1.82, 2.24) is 9.55 Å². The molecule has 0 amide bonds. The Kier molecular flexibility index (Phi) is 7.12. The van der Waals surface area contributed by atoms with Crippen molar-refractivity contribution >= 4 is 17.0 Å². The van der Waals surface area contributed by atoms with Crippen molar-refractivity contribution in [3.8, 4) is 16.9 Å². The summed E-state index contributed by atoms with van der Waals surface area (Å²) in [6.07, 6.45) is 1.31. The summed E-state index contributed by atoms with van der Waals surface area (Å²) in [5.41, 5.74) is 6.56. The second-order valence-corrected chi connectivity index (χ2v) is 11.3.